The van der Waals surface area contributed by atoms with Gasteiger partial charge in [-0.3, -0.25) is 4.79 Å². The Morgan fingerprint density at radius 2 is 1.90 bits per heavy atom. The Hall–Kier alpha value is -3.47. The van der Waals surface area contributed by atoms with E-state index < -0.39 is 5.41 Å². The van der Waals surface area contributed by atoms with Crippen LogP contribution in [-0.2, 0) is 16.6 Å². The van der Waals surface area contributed by atoms with E-state index in [0.29, 0.717) is 5.75 Å². The zero-order chi connectivity index (χ0) is 21.4. The number of anilines is 1. The van der Waals surface area contributed by atoms with Crippen molar-refractivity contribution in [1.29, 1.82) is 0 Å². The third-order valence-corrected chi connectivity index (χ3v) is 6.24. The van der Waals surface area contributed by atoms with E-state index in [1.165, 1.54) is 5.56 Å². The van der Waals surface area contributed by atoms with Crippen LogP contribution in [0.3, 0.4) is 0 Å². The van der Waals surface area contributed by atoms with Crippen LogP contribution in [-0.4, -0.2) is 19.8 Å². The van der Waals surface area contributed by atoms with Crippen molar-refractivity contribution in [1.82, 2.24) is 0 Å². The van der Waals surface area contributed by atoms with E-state index in [0.717, 1.165) is 53.1 Å². The second-order valence-electron chi connectivity index (χ2n) is 8.06. The summed E-state index contributed by atoms with van der Waals surface area (Å²) in [5.74, 6) is 2.28. The van der Waals surface area contributed by atoms with Crippen LogP contribution in [0.5, 0.6) is 17.2 Å². The van der Waals surface area contributed by atoms with Gasteiger partial charge in [-0.1, -0.05) is 31.2 Å². The van der Waals surface area contributed by atoms with Crippen molar-refractivity contribution in [2.75, 3.05) is 19.2 Å². The number of carbonyl (C=O) groups excluding carboxylic acids is 1. The van der Waals surface area contributed by atoms with E-state index in [9.17, 15) is 4.79 Å². The number of benzene rings is 3. The molecule has 1 saturated carbocycles. The molecule has 0 saturated heterocycles. The topological polar surface area (TPSA) is 56.8 Å². The summed E-state index contributed by atoms with van der Waals surface area (Å²) in [7, 11) is 1.67. The van der Waals surface area contributed by atoms with Crippen LogP contribution in [0.2, 0.25) is 0 Å². The van der Waals surface area contributed by atoms with Gasteiger partial charge in [0, 0.05) is 7.11 Å². The molecule has 1 aliphatic heterocycles. The molecule has 5 heteroatoms. The molecule has 0 bridgehead atoms. The highest BCUT2D eigenvalue weighted by Crippen LogP contribution is 2.51. The predicted octanol–water partition coefficient (Wildman–Crippen LogP) is 5.57. The van der Waals surface area contributed by atoms with Gasteiger partial charge in [0.1, 0.15) is 5.75 Å². The van der Waals surface area contributed by atoms with Crippen LogP contribution in [0, 0.1) is 0 Å². The van der Waals surface area contributed by atoms with Crippen molar-refractivity contribution in [3.05, 3.63) is 71.8 Å². The molecule has 31 heavy (non-hydrogen) atoms. The average Bonchev–Trinajstić information content (AvgIpc) is 3.50. The van der Waals surface area contributed by atoms with Crippen molar-refractivity contribution < 1.29 is 20.4 Å². The first-order chi connectivity index (χ1) is 15.1. The molecule has 3 aromatic rings. The molecule has 1 amide bonds. The lowest BCUT2D eigenvalue weighted by Crippen LogP contribution is -2.27. The molecule has 2 aliphatic rings. The van der Waals surface area contributed by atoms with Crippen molar-refractivity contribution in [3.8, 4) is 28.4 Å². The van der Waals surface area contributed by atoms with E-state index in [1.807, 2.05) is 42.5 Å². The lowest BCUT2D eigenvalue weighted by Gasteiger charge is -2.18. The summed E-state index contributed by atoms with van der Waals surface area (Å²) in [4.78, 5) is 13.3. The summed E-state index contributed by atoms with van der Waals surface area (Å²) >= 11 is 0. The molecule has 1 N–H and O–H groups in total. The van der Waals surface area contributed by atoms with Gasteiger partial charge in [-0.25, -0.2) is 0 Å². The highest BCUT2D eigenvalue weighted by atomic mass is 16.7. The highest BCUT2D eigenvalue weighted by molar-refractivity contribution is 6.02. The summed E-state index contributed by atoms with van der Waals surface area (Å²) in [5, 5.41) is 3.16. The Morgan fingerprint density at radius 1 is 1.06 bits per heavy atom. The standard InChI is InChI=1S/C26H25NO4.H2/c1-3-17-7-9-20(15-22(17)18-5-4-6-21(13-18)29-2)27-25(28)26(11-12-26)19-8-10-23-24(14-19)31-16-30-23;/h4-10,13-15H,3,11-12,16H2,1-2H3,(H,27,28);1H. The number of hydrogen-bond donors (Lipinski definition) is 1. The van der Waals surface area contributed by atoms with Crippen molar-refractivity contribution in [2.45, 2.75) is 31.6 Å². The summed E-state index contributed by atoms with van der Waals surface area (Å²) in [6.45, 7) is 2.37. The van der Waals surface area contributed by atoms with Crippen molar-refractivity contribution >= 4 is 11.6 Å². The summed E-state index contributed by atoms with van der Waals surface area (Å²) in [5.41, 5.74) is 4.68. The van der Waals surface area contributed by atoms with E-state index >= 15 is 0 Å². The quantitative estimate of drug-likeness (QED) is 0.570. The maximum atomic E-state index is 13.3. The van der Waals surface area contributed by atoms with E-state index in [1.54, 1.807) is 7.11 Å². The number of ether oxygens (including phenoxy) is 3. The maximum absolute atomic E-state index is 13.3. The van der Waals surface area contributed by atoms with Gasteiger partial charge in [0.05, 0.1) is 12.5 Å². The Kier molecular flexibility index (Phi) is 4.81. The van der Waals surface area contributed by atoms with Gasteiger partial charge in [-0.15, -0.1) is 0 Å². The first-order valence-corrected chi connectivity index (χ1v) is 10.6. The van der Waals surface area contributed by atoms with Gasteiger partial charge in [0.2, 0.25) is 12.7 Å². The Balaban J connectivity index is 0.00000245. The fourth-order valence-corrected chi connectivity index (χ4v) is 4.24. The summed E-state index contributed by atoms with van der Waals surface area (Å²) in [6.07, 6.45) is 2.56. The number of aryl methyl sites for hydroxylation is 1. The van der Waals surface area contributed by atoms with Gasteiger partial charge in [0.25, 0.3) is 0 Å². The first kappa shape index (κ1) is 19.5. The maximum Gasteiger partial charge on any atom is 0.235 e. The van der Waals surface area contributed by atoms with Gasteiger partial charge in [-0.05, 0) is 77.9 Å². The normalized spacial score (nSPS) is 15.4. The minimum Gasteiger partial charge on any atom is -0.497 e. The minimum atomic E-state index is -0.499. The average molecular weight is 418 g/mol. The van der Waals surface area contributed by atoms with E-state index in [2.05, 4.69) is 30.4 Å². The van der Waals surface area contributed by atoms with Crippen LogP contribution in [0.1, 0.15) is 32.3 Å². The van der Waals surface area contributed by atoms with Gasteiger partial charge >= 0.3 is 0 Å². The molecular formula is C26H27NO4. The molecule has 5 rings (SSSR count). The zero-order valence-corrected chi connectivity index (χ0v) is 17.7. The molecule has 160 valence electrons. The van der Waals surface area contributed by atoms with Gasteiger partial charge in [0.15, 0.2) is 11.5 Å². The number of carbonyl (C=O) groups is 1. The second-order valence-corrected chi connectivity index (χ2v) is 8.06. The van der Waals surface area contributed by atoms with Crippen LogP contribution in [0.15, 0.2) is 60.7 Å². The lowest BCUT2D eigenvalue weighted by atomic mass is 9.93. The fraction of sp³-hybridized carbons (Fsp3) is 0.269. The number of rotatable bonds is 6. The third kappa shape index (κ3) is 3.50. The fourth-order valence-electron chi connectivity index (χ4n) is 4.24. The first-order valence-electron chi connectivity index (χ1n) is 10.6. The Labute approximate surface area is 183 Å². The third-order valence-electron chi connectivity index (χ3n) is 6.24. The number of nitrogens with one attached hydrogen (secondary N) is 1. The van der Waals surface area contributed by atoms with Gasteiger partial charge < -0.3 is 19.5 Å². The SMILES string of the molecule is CCc1ccc(NC(=O)C2(c3ccc4c(c3)OCO4)CC2)cc1-c1cccc(OC)c1.[HH]. The molecule has 0 aromatic heterocycles. The lowest BCUT2D eigenvalue weighted by molar-refractivity contribution is -0.118. The van der Waals surface area contributed by atoms with Crippen LogP contribution in [0.4, 0.5) is 5.69 Å². The smallest absolute Gasteiger partial charge is 0.235 e. The Bertz CT molecular complexity index is 1160. The molecule has 3 aromatic carbocycles. The molecular weight excluding hydrogens is 390 g/mol. The molecule has 0 spiro atoms. The largest absolute Gasteiger partial charge is 0.497 e. The van der Waals surface area contributed by atoms with Gasteiger partial charge in [-0.2, -0.15) is 0 Å². The molecule has 0 unspecified atom stereocenters. The molecule has 5 nitrogen and oxygen atoms in total. The van der Waals surface area contributed by atoms with Crippen LogP contribution >= 0.6 is 0 Å². The minimum absolute atomic E-state index is 0. The van der Waals surface area contributed by atoms with Crippen molar-refractivity contribution in [2.24, 2.45) is 0 Å². The van der Waals surface area contributed by atoms with E-state index in [4.69, 9.17) is 14.2 Å². The summed E-state index contributed by atoms with van der Waals surface area (Å²) in [6, 6.07) is 19.9. The number of methoxy groups -OCH3 is 1. The molecule has 1 heterocycles. The van der Waals surface area contributed by atoms with E-state index in [-0.39, 0.29) is 14.1 Å². The summed E-state index contributed by atoms with van der Waals surface area (Å²) < 4.78 is 16.3. The molecule has 1 aliphatic carbocycles. The number of fused-ring (bicyclic) bond motifs is 1. The zero-order valence-electron chi connectivity index (χ0n) is 17.7. The van der Waals surface area contributed by atoms with Crippen LogP contribution < -0.4 is 19.5 Å². The van der Waals surface area contributed by atoms with Crippen molar-refractivity contribution in [3.63, 3.8) is 0 Å². The molecule has 0 atom stereocenters. The Morgan fingerprint density at radius 3 is 2.68 bits per heavy atom. The highest BCUT2D eigenvalue weighted by Gasteiger charge is 2.51. The monoisotopic (exact) mass is 417 g/mol. The second kappa shape index (κ2) is 7.65. The van der Waals surface area contributed by atoms with Crippen LogP contribution in [0.25, 0.3) is 11.1 Å². The molecule has 0 radical (unpaired) electrons. The number of amides is 1. The number of hydrogen-bond acceptors (Lipinski definition) is 4. The molecule has 1 fully saturated rings. The predicted molar refractivity (Wildman–Crippen MR) is 122 cm³/mol.